The molecule has 1 amide bonds. The molecule has 1 fully saturated rings. The number of carbonyl (C=O) groups excluding carboxylic acids is 1. The third kappa shape index (κ3) is 2.95. The van der Waals surface area contributed by atoms with Gasteiger partial charge in [-0.2, -0.15) is 0 Å². The number of carboxylic acid groups (broad SMARTS) is 1. The SMILES string of the molecule is CS(=O)(=O)c1cc(C(=O)N2CCC(C(=O)O)C2)cs1. The average molecular weight is 303 g/mol. The average Bonchev–Trinajstić information content (AvgIpc) is 2.97. The minimum atomic E-state index is -3.31. The zero-order valence-corrected chi connectivity index (χ0v) is 11.8. The van der Waals surface area contributed by atoms with Crippen LogP contribution in [0.2, 0.25) is 0 Å². The maximum absolute atomic E-state index is 12.1. The van der Waals surface area contributed by atoms with Crippen LogP contribution in [-0.2, 0) is 14.6 Å². The normalized spacial score (nSPS) is 19.6. The Kier molecular flexibility index (Phi) is 3.64. The van der Waals surface area contributed by atoms with E-state index in [4.69, 9.17) is 5.11 Å². The molecule has 1 aromatic heterocycles. The summed E-state index contributed by atoms with van der Waals surface area (Å²) in [5.41, 5.74) is 0.302. The van der Waals surface area contributed by atoms with Crippen LogP contribution in [0.5, 0.6) is 0 Å². The van der Waals surface area contributed by atoms with Crippen molar-refractivity contribution in [2.24, 2.45) is 5.92 Å². The molecule has 104 valence electrons. The molecule has 1 aromatic rings. The predicted molar refractivity (Wildman–Crippen MR) is 69.1 cm³/mol. The highest BCUT2D eigenvalue weighted by atomic mass is 32.2. The second-order valence-corrected chi connectivity index (χ2v) is 7.66. The summed E-state index contributed by atoms with van der Waals surface area (Å²) >= 11 is 0.999. The zero-order chi connectivity index (χ0) is 14.2. The second-order valence-electron chi connectivity index (χ2n) is 4.50. The van der Waals surface area contributed by atoms with Crippen LogP contribution >= 0.6 is 11.3 Å². The van der Waals surface area contributed by atoms with Crippen molar-refractivity contribution in [2.75, 3.05) is 19.3 Å². The van der Waals surface area contributed by atoms with E-state index in [0.717, 1.165) is 17.6 Å². The highest BCUT2D eigenvalue weighted by Crippen LogP contribution is 2.24. The van der Waals surface area contributed by atoms with Gasteiger partial charge in [0.1, 0.15) is 4.21 Å². The fourth-order valence-corrected chi connectivity index (χ4v) is 3.74. The van der Waals surface area contributed by atoms with Gasteiger partial charge in [-0.15, -0.1) is 11.3 Å². The summed E-state index contributed by atoms with van der Waals surface area (Å²) in [6.07, 6.45) is 1.52. The number of amides is 1. The minimum absolute atomic E-state index is 0.143. The molecule has 19 heavy (non-hydrogen) atoms. The minimum Gasteiger partial charge on any atom is -0.481 e. The van der Waals surface area contributed by atoms with Gasteiger partial charge in [-0.25, -0.2) is 8.42 Å². The van der Waals surface area contributed by atoms with Gasteiger partial charge in [-0.3, -0.25) is 9.59 Å². The molecule has 0 bridgehead atoms. The standard InChI is InChI=1S/C11H13NO5S2/c1-19(16,17)9-4-8(6-18-9)10(13)12-3-2-7(5-12)11(14)15/h4,6-7H,2-3,5H2,1H3,(H,14,15). The molecule has 0 saturated carbocycles. The fourth-order valence-electron chi connectivity index (χ4n) is 1.95. The maximum Gasteiger partial charge on any atom is 0.308 e. The number of carboxylic acids is 1. The highest BCUT2D eigenvalue weighted by molar-refractivity contribution is 7.92. The van der Waals surface area contributed by atoms with Crippen LogP contribution in [0, 0.1) is 5.92 Å². The van der Waals surface area contributed by atoms with E-state index in [9.17, 15) is 18.0 Å². The Morgan fingerprint density at radius 1 is 1.47 bits per heavy atom. The lowest BCUT2D eigenvalue weighted by atomic mass is 10.1. The number of rotatable bonds is 3. The Bertz CT molecular complexity index is 619. The first-order valence-corrected chi connectivity index (χ1v) is 8.37. The molecular weight excluding hydrogens is 290 g/mol. The van der Waals surface area contributed by atoms with Crippen molar-refractivity contribution in [2.45, 2.75) is 10.6 Å². The molecule has 0 spiro atoms. The van der Waals surface area contributed by atoms with Gasteiger partial charge in [0.25, 0.3) is 5.91 Å². The monoisotopic (exact) mass is 303 g/mol. The van der Waals surface area contributed by atoms with E-state index in [1.807, 2.05) is 0 Å². The van der Waals surface area contributed by atoms with Gasteiger partial charge in [-0.1, -0.05) is 0 Å². The quantitative estimate of drug-likeness (QED) is 0.887. The van der Waals surface area contributed by atoms with Gasteiger partial charge >= 0.3 is 5.97 Å². The summed E-state index contributed by atoms with van der Waals surface area (Å²) in [7, 11) is -3.31. The number of likely N-dealkylation sites (tertiary alicyclic amines) is 1. The lowest BCUT2D eigenvalue weighted by Gasteiger charge is -2.14. The fraction of sp³-hybridized carbons (Fsp3) is 0.455. The Labute approximate surface area is 114 Å². The molecule has 6 nitrogen and oxygen atoms in total. The second kappa shape index (κ2) is 4.93. The van der Waals surface area contributed by atoms with E-state index >= 15 is 0 Å². The van der Waals surface area contributed by atoms with Crippen molar-refractivity contribution in [1.82, 2.24) is 4.90 Å². The molecule has 1 atom stereocenters. The number of sulfone groups is 1. The van der Waals surface area contributed by atoms with Gasteiger partial charge < -0.3 is 10.0 Å². The molecule has 0 aromatic carbocycles. The summed E-state index contributed by atoms with van der Waals surface area (Å²) in [4.78, 5) is 24.4. The van der Waals surface area contributed by atoms with Crippen LogP contribution in [0.4, 0.5) is 0 Å². The van der Waals surface area contributed by atoms with E-state index in [1.54, 1.807) is 0 Å². The van der Waals surface area contributed by atoms with Crippen molar-refractivity contribution >= 4 is 33.1 Å². The van der Waals surface area contributed by atoms with Crippen molar-refractivity contribution in [1.29, 1.82) is 0 Å². The number of thiophene rings is 1. The summed E-state index contributed by atoms with van der Waals surface area (Å²) < 4.78 is 22.8. The molecule has 0 aliphatic carbocycles. The highest BCUT2D eigenvalue weighted by Gasteiger charge is 2.31. The lowest BCUT2D eigenvalue weighted by Crippen LogP contribution is -2.29. The van der Waals surface area contributed by atoms with Crippen LogP contribution in [-0.4, -0.2) is 49.6 Å². The third-order valence-electron chi connectivity index (χ3n) is 3.01. The summed E-state index contributed by atoms with van der Waals surface area (Å²) in [6, 6.07) is 1.34. The first-order chi connectivity index (χ1) is 8.79. The Morgan fingerprint density at radius 2 is 2.16 bits per heavy atom. The number of carbonyl (C=O) groups is 2. The molecule has 8 heteroatoms. The summed E-state index contributed by atoms with van der Waals surface area (Å²) in [5.74, 6) is -1.75. The van der Waals surface area contributed by atoms with E-state index in [1.165, 1.54) is 16.3 Å². The van der Waals surface area contributed by atoms with Gasteiger partial charge in [-0.05, 0) is 12.5 Å². The van der Waals surface area contributed by atoms with Crippen molar-refractivity contribution in [3.8, 4) is 0 Å². The van der Waals surface area contributed by atoms with Crippen molar-refractivity contribution < 1.29 is 23.1 Å². The molecule has 1 unspecified atom stereocenters. The molecule has 1 aliphatic rings. The first kappa shape index (κ1) is 14.0. The zero-order valence-electron chi connectivity index (χ0n) is 10.2. The van der Waals surface area contributed by atoms with Crippen LogP contribution in [0.1, 0.15) is 16.8 Å². The van der Waals surface area contributed by atoms with Gasteiger partial charge in [0.15, 0.2) is 9.84 Å². The molecular formula is C11H13NO5S2. The predicted octanol–water partition coefficient (Wildman–Crippen LogP) is 0.698. The number of aliphatic carboxylic acids is 1. The molecule has 1 saturated heterocycles. The smallest absolute Gasteiger partial charge is 0.308 e. The van der Waals surface area contributed by atoms with Crippen molar-refractivity contribution in [3.05, 3.63) is 17.0 Å². The van der Waals surface area contributed by atoms with Gasteiger partial charge in [0.2, 0.25) is 0 Å². The number of hydrogen-bond donors (Lipinski definition) is 1. The summed E-state index contributed by atoms with van der Waals surface area (Å²) in [6.45, 7) is 0.568. The molecule has 1 N–H and O–H groups in total. The van der Waals surface area contributed by atoms with Crippen molar-refractivity contribution in [3.63, 3.8) is 0 Å². The molecule has 0 radical (unpaired) electrons. The molecule has 2 heterocycles. The van der Waals surface area contributed by atoms with Crippen LogP contribution in [0.3, 0.4) is 0 Å². The number of hydrogen-bond acceptors (Lipinski definition) is 5. The first-order valence-electron chi connectivity index (χ1n) is 5.59. The van der Waals surface area contributed by atoms with E-state index in [0.29, 0.717) is 18.5 Å². The Balaban J connectivity index is 2.13. The third-order valence-corrected chi connectivity index (χ3v) is 5.78. The van der Waals surface area contributed by atoms with Crippen LogP contribution in [0.15, 0.2) is 15.7 Å². The molecule has 1 aliphatic heterocycles. The van der Waals surface area contributed by atoms with Crippen LogP contribution < -0.4 is 0 Å². The van der Waals surface area contributed by atoms with E-state index < -0.39 is 21.7 Å². The lowest BCUT2D eigenvalue weighted by molar-refractivity contribution is -0.141. The van der Waals surface area contributed by atoms with Gasteiger partial charge in [0, 0.05) is 24.7 Å². The molecule has 2 rings (SSSR count). The Hall–Kier alpha value is -1.41. The van der Waals surface area contributed by atoms with Gasteiger partial charge in [0.05, 0.1) is 11.5 Å². The van der Waals surface area contributed by atoms with Crippen LogP contribution in [0.25, 0.3) is 0 Å². The topological polar surface area (TPSA) is 91.8 Å². The summed E-state index contributed by atoms with van der Waals surface area (Å²) in [5, 5.41) is 10.4. The largest absolute Gasteiger partial charge is 0.481 e. The number of nitrogens with zero attached hydrogens (tertiary/aromatic N) is 1. The van der Waals surface area contributed by atoms with E-state index in [-0.39, 0.29) is 16.7 Å². The Morgan fingerprint density at radius 3 is 2.63 bits per heavy atom. The maximum atomic E-state index is 12.1. The van der Waals surface area contributed by atoms with E-state index in [2.05, 4.69) is 0 Å².